The van der Waals surface area contributed by atoms with Crippen molar-refractivity contribution in [3.63, 3.8) is 0 Å². The van der Waals surface area contributed by atoms with Gasteiger partial charge in [0.1, 0.15) is 5.54 Å². The van der Waals surface area contributed by atoms with Crippen LogP contribution >= 0.6 is 23.2 Å². The zero-order chi connectivity index (χ0) is 22.6. The molecule has 1 unspecified atom stereocenters. The van der Waals surface area contributed by atoms with Crippen LogP contribution in [0, 0.1) is 0 Å². The van der Waals surface area contributed by atoms with Crippen LogP contribution in [0.4, 0.5) is 4.79 Å². The predicted molar refractivity (Wildman–Crippen MR) is 119 cm³/mol. The Balaban J connectivity index is 1.54. The molecule has 0 bridgehead atoms. The number of halogens is 2. The maximum Gasteiger partial charge on any atom is 0.344 e. The number of urea groups is 1. The zero-order valence-electron chi connectivity index (χ0n) is 17.3. The van der Waals surface area contributed by atoms with Gasteiger partial charge in [0, 0.05) is 6.54 Å². The fraction of sp³-hybridized carbons (Fsp3) is 0.318. The smallest absolute Gasteiger partial charge is 0.322 e. The lowest BCUT2D eigenvalue weighted by Crippen LogP contribution is -2.51. The van der Waals surface area contributed by atoms with E-state index < -0.39 is 23.4 Å². The van der Waals surface area contributed by atoms with Crippen molar-refractivity contribution >= 4 is 41.0 Å². The molecule has 7 nitrogen and oxygen atoms in total. The van der Waals surface area contributed by atoms with Crippen LogP contribution in [-0.4, -0.2) is 46.9 Å². The number of carbonyl (C=O) groups is 3. The average Bonchev–Trinajstić information content (AvgIpc) is 2.93. The monoisotopic (exact) mass is 462 g/mol. The number of rotatable bonds is 8. The molecule has 3 rings (SSSR count). The molecule has 1 fully saturated rings. The van der Waals surface area contributed by atoms with E-state index in [4.69, 9.17) is 23.2 Å². The number of hydrazine groups is 1. The van der Waals surface area contributed by atoms with Gasteiger partial charge >= 0.3 is 6.03 Å². The van der Waals surface area contributed by atoms with E-state index in [1.807, 2.05) is 36.4 Å². The Labute approximate surface area is 191 Å². The summed E-state index contributed by atoms with van der Waals surface area (Å²) in [5.41, 5.74) is 3.29. The van der Waals surface area contributed by atoms with Gasteiger partial charge in [-0.05, 0) is 50.1 Å². The van der Waals surface area contributed by atoms with Crippen molar-refractivity contribution in [2.75, 3.05) is 13.6 Å². The van der Waals surface area contributed by atoms with Gasteiger partial charge in [-0.25, -0.2) is 4.79 Å². The first kappa shape index (κ1) is 23.1. The Bertz CT molecular complexity index is 986. The van der Waals surface area contributed by atoms with Gasteiger partial charge in [-0.2, -0.15) is 5.01 Å². The molecular weight excluding hydrogens is 439 g/mol. The summed E-state index contributed by atoms with van der Waals surface area (Å²) in [5.74, 6) is -0.952. The molecule has 1 aliphatic heterocycles. The minimum atomic E-state index is -1.08. The van der Waals surface area contributed by atoms with E-state index in [9.17, 15) is 14.4 Å². The zero-order valence-corrected chi connectivity index (χ0v) is 18.8. The summed E-state index contributed by atoms with van der Waals surface area (Å²) in [6, 6.07) is 14.3. The highest BCUT2D eigenvalue weighted by molar-refractivity contribution is 6.42. The molecule has 0 saturated carbocycles. The number of hydrogen-bond donors (Lipinski definition) is 2. The highest BCUT2D eigenvalue weighted by Crippen LogP contribution is 2.24. The highest BCUT2D eigenvalue weighted by Gasteiger charge is 2.48. The molecule has 2 N–H and O–H groups in total. The van der Waals surface area contributed by atoms with Crippen LogP contribution < -0.4 is 10.7 Å². The quantitative estimate of drug-likeness (QED) is 0.588. The lowest BCUT2D eigenvalue weighted by Gasteiger charge is -2.22. The maximum atomic E-state index is 12.8. The number of imide groups is 1. The molecule has 0 aromatic heterocycles. The maximum absolute atomic E-state index is 12.8. The van der Waals surface area contributed by atoms with E-state index >= 15 is 0 Å². The van der Waals surface area contributed by atoms with Crippen molar-refractivity contribution in [2.24, 2.45) is 0 Å². The summed E-state index contributed by atoms with van der Waals surface area (Å²) in [6.45, 7) is 2.09. The van der Waals surface area contributed by atoms with Gasteiger partial charge in [0.2, 0.25) is 0 Å². The molecule has 164 valence electrons. The number of hydrogen-bond acceptors (Lipinski definition) is 4. The van der Waals surface area contributed by atoms with E-state index in [1.54, 1.807) is 31.0 Å². The van der Waals surface area contributed by atoms with Crippen LogP contribution in [0.2, 0.25) is 10.0 Å². The van der Waals surface area contributed by atoms with Crippen molar-refractivity contribution in [1.29, 1.82) is 0 Å². The molecule has 0 radical (unpaired) electrons. The molecule has 2 aromatic rings. The number of carbonyl (C=O) groups excluding carboxylic acids is 3. The van der Waals surface area contributed by atoms with Crippen LogP contribution in [0.1, 0.15) is 24.5 Å². The van der Waals surface area contributed by atoms with Gasteiger partial charge in [0.05, 0.1) is 16.6 Å². The van der Waals surface area contributed by atoms with Crippen LogP contribution in [-0.2, 0) is 22.6 Å². The summed E-state index contributed by atoms with van der Waals surface area (Å²) in [4.78, 5) is 39.3. The molecular formula is C22H24Cl2N4O3. The van der Waals surface area contributed by atoms with Gasteiger partial charge in [-0.15, -0.1) is 0 Å². The van der Waals surface area contributed by atoms with E-state index in [2.05, 4.69) is 10.7 Å². The largest absolute Gasteiger partial charge is 0.344 e. The van der Waals surface area contributed by atoms with Crippen molar-refractivity contribution in [1.82, 2.24) is 20.7 Å². The molecule has 1 heterocycles. The van der Waals surface area contributed by atoms with Crippen LogP contribution in [0.25, 0.3) is 0 Å². The van der Waals surface area contributed by atoms with E-state index in [0.717, 1.165) is 16.1 Å². The predicted octanol–water partition coefficient (Wildman–Crippen LogP) is 3.40. The third-order valence-electron chi connectivity index (χ3n) is 5.10. The van der Waals surface area contributed by atoms with Crippen LogP contribution in [0.3, 0.4) is 0 Å². The number of aryl methyl sites for hydroxylation is 1. The molecule has 1 saturated heterocycles. The fourth-order valence-corrected chi connectivity index (χ4v) is 3.73. The van der Waals surface area contributed by atoms with Gasteiger partial charge in [0.25, 0.3) is 11.8 Å². The van der Waals surface area contributed by atoms with Crippen LogP contribution in [0.15, 0.2) is 48.5 Å². The van der Waals surface area contributed by atoms with Crippen molar-refractivity contribution in [3.8, 4) is 0 Å². The lowest BCUT2D eigenvalue weighted by atomic mass is 9.93. The number of nitrogens with zero attached hydrogens (tertiary/aromatic N) is 2. The van der Waals surface area contributed by atoms with Crippen molar-refractivity contribution in [3.05, 3.63) is 69.7 Å². The van der Waals surface area contributed by atoms with Crippen molar-refractivity contribution in [2.45, 2.75) is 31.8 Å². The van der Waals surface area contributed by atoms with Gasteiger partial charge in [-0.3, -0.25) is 19.9 Å². The third kappa shape index (κ3) is 5.76. The normalized spacial score (nSPS) is 18.4. The van der Waals surface area contributed by atoms with E-state index in [0.29, 0.717) is 29.4 Å². The lowest BCUT2D eigenvalue weighted by molar-refractivity contribution is -0.139. The first-order valence-electron chi connectivity index (χ1n) is 9.80. The molecule has 0 spiro atoms. The molecule has 2 aromatic carbocycles. The molecule has 9 heteroatoms. The second-order valence-electron chi connectivity index (χ2n) is 7.84. The van der Waals surface area contributed by atoms with Crippen LogP contribution in [0.5, 0.6) is 0 Å². The highest BCUT2D eigenvalue weighted by atomic mass is 35.5. The molecule has 4 amide bonds. The Morgan fingerprint density at radius 2 is 1.81 bits per heavy atom. The standard InChI is InChI=1S/C22H24Cl2N4O3/c1-22(11-10-15-6-4-3-5-7-15)20(30)28(21(31)25-22)26-19(29)14-27(2)13-16-8-9-17(23)18(24)12-16/h3-9,12H,10-11,13-14H2,1-2H3,(H,25,31)(H,26,29). The molecule has 0 aliphatic carbocycles. The number of amides is 4. The summed E-state index contributed by atoms with van der Waals surface area (Å²) in [7, 11) is 1.75. The second-order valence-corrected chi connectivity index (χ2v) is 8.66. The first-order chi connectivity index (χ1) is 14.7. The molecule has 31 heavy (non-hydrogen) atoms. The summed E-state index contributed by atoms with van der Waals surface area (Å²) in [5, 5.41) is 4.35. The Hall–Kier alpha value is -2.61. The van der Waals surface area contributed by atoms with Gasteiger partial charge < -0.3 is 5.32 Å². The summed E-state index contributed by atoms with van der Waals surface area (Å²) >= 11 is 11.9. The van der Waals surface area contributed by atoms with Gasteiger partial charge in [0.15, 0.2) is 0 Å². The Morgan fingerprint density at radius 3 is 2.48 bits per heavy atom. The van der Waals surface area contributed by atoms with Crippen molar-refractivity contribution < 1.29 is 14.4 Å². The van der Waals surface area contributed by atoms with E-state index in [-0.39, 0.29) is 6.54 Å². The fourth-order valence-electron chi connectivity index (χ4n) is 3.41. The topological polar surface area (TPSA) is 81.8 Å². The van der Waals surface area contributed by atoms with Gasteiger partial charge in [-0.1, -0.05) is 59.6 Å². The minimum absolute atomic E-state index is 0.0158. The number of benzene rings is 2. The minimum Gasteiger partial charge on any atom is -0.322 e. The average molecular weight is 463 g/mol. The number of nitrogens with one attached hydrogen (secondary N) is 2. The SMILES string of the molecule is CN(CC(=O)NN1C(=O)NC(C)(CCc2ccccc2)C1=O)Cc1ccc(Cl)c(Cl)c1. The van der Waals surface area contributed by atoms with E-state index in [1.165, 1.54) is 0 Å². The second kappa shape index (κ2) is 9.68. The molecule has 1 aliphatic rings. The Kier molecular flexibility index (Phi) is 7.20. The third-order valence-corrected chi connectivity index (χ3v) is 5.84. The Morgan fingerprint density at radius 1 is 1.10 bits per heavy atom. The summed E-state index contributed by atoms with van der Waals surface area (Å²) in [6.07, 6.45) is 1.04. The number of likely N-dealkylation sites (N-methyl/N-ethyl adjacent to an activating group) is 1. The summed E-state index contributed by atoms with van der Waals surface area (Å²) < 4.78 is 0. The molecule has 1 atom stereocenters. The first-order valence-corrected chi connectivity index (χ1v) is 10.6.